The molecule has 10 aliphatic rings. The Labute approximate surface area is 382 Å². The Bertz CT molecular complexity index is 2440. The molecule has 4 heteroatoms. The van der Waals surface area contributed by atoms with Crippen molar-refractivity contribution < 1.29 is 17.4 Å². The van der Waals surface area contributed by atoms with Crippen LogP contribution in [0.3, 0.4) is 0 Å². The molecule has 0 aromatic heterocycles. The molecule has 61 heavy (non-hydrogen) atoms. The molecule has 0 aliphatic heterocycles. The maximum atomic E-state index is 2.84. The largest absolute Gasteiger partial charge is 0.147 e. The fraction of sp³-hybridized carbons (Fsp3) is 0.509. The summed E-state index contributed by atoms with van der Waals surface area (Å²) in [4.78, 5) is 0. The van der Waals surface area contributed by atoms with Crippen molar-refractivity contribution in [3.8, 4) is 22.3 Å². The second-order valence-electron chi connectivity index (χ2n) is 23.8. The summed E-state index contributed by atoms with van der Waals surface area (Å²) < 4.78 is 6.75. The first-order valence-corrected chi connectivity index (χ1v) is 38.0. The van der Waals surface area contributed by atoms with E-state index in [0.717, 1.165) is 35.5 Å². The first-order chi connectivity index (χ1) is 28.4. The molecular weight excluding hydrogens is 875 g/mol. The molecular formula is C57H70Cl2SiZr. The average Bonchev–Trinajstić information content (AvgIpc) is 3.79. The minimum absolute atomic E-state index is 0. The maximum Gasteiger partial charge on any atom is -0.147 e. The number of rotatable bonds is 8. The van der Waals surface area contributed by atoms with Gasteiger partial charge in [0.2, 0.25) is 0 Å². The monoisotopic (exact) mass is 942 g/mol. The molecule has 14 rings (SSSR count). The van der Waals surface area contributed by atoms with Crippen LogP contribution in [0.2, 0.25) is 9.26 Å². The van der Waals surface area contributed by atoms with Gasteiger partial charge in [-0.3, -0.25) is 0 Å². The number of benzene rings is 4. The number of hydrogen-bond acceptors (Lipinski definition) is 0. The summed E-state index contributed by atoms with van der Waals surface area (Å²) in [6.45, 7) is 9.95. The zero-order valence-corrected chi connectivity index (χ0v) is 43.2. The predicted octanol–water partition coefficient (Wildman–Crippen LogP) is 15.8. The molecule has 8 fully saturated rings. The summed E-state index contributed by atoms with van der Waals surface area (Å²) in [6.07, 6.45) is 24.2. The molecule has 0 saturated heterocycles. The van der Waals surface area contributed by atoms with E-state index in [2.05, 4.69) is 134 Å². The minimum atomic E-state index is -3.75. The van der Waals surface area contributed by atoms with E-state index in [0.29, 0.717) is 24.0 Å². The van der Waals surface area contributed by atoms with Gasteiger partial charge in [0.1, 0.15) is 0 Å². The van der Waals surface area contributed by atoms with E-state index in [1.165, 1.54) is 117 Å². The van der Waals surface area contributed by atoms with Crippen LogP contribution in [0.5, 0.6) is 0 Å². The summed E-state index contributed by atoms with van der Waals surface area (Å²) in [5.74, 6) is 6.46. The topological polar surface area (TPSA) is 0 Å². The van der Waals surface area contributed by atoms with Gasteiger partial charge in [-0.25, -0.2) is 0 Å². The van der Waals surface area contributed by atoms with E-state index < -0.39 is 17.4 Å². The number of hydrogen-bond donors (Lipinski definition) is 0. The van der Waals surface area contributed by atoms with Crippen molar-refractivity contribution in [3.05, 3.63) is 129 Å². The van der Waals surface area contributed by atoms with Crippen LogP contribution in [-0.2, 0) is 28.2 Å². The van der Waals surface area contributed by atoms with E-state index in [1.54, 1.807) is 33.4 Å². The Morgan fingerprint density at radius 3 is 1.33 bits per heavy atom. The second-order valence-corrected chi connectivity index (χ2v) is 54.3. The fourth-order valence-corrected chi connectivity index (χ4v) is 38.0. The van der Waals surface area contributed by atoms with Crippen molar-refractivity contribution in [3.63, 3.8) is 0 Å². The third-order valence-corrected chi connectivity index (χ3v) is 36.8. The van der Waals surface area contributed by atoms with Crippen LogP contribution in [0, 0.1) is 41.4 Å². The van der Waals surface area contributed by atoms with Crippen molar-refractivity contribution in [1.29, 1.82) is 0 Å². The molecule has 3 atom stereocenters. The van der Waals surface area contributed by atoms with Gasteiger partial charge >= 0.3 is 361 Å². The maximum absolute atomic E-state index is 3.75. The quantitative estimate of drug-likeness (QED) is 0.154. The van der Waals surface area contributed by atoms with Gasteiger partial charge in [0.05, 0.1) is 0 Å². The summed E-state index contributed by atoms with van der Waals surface area (Å²) in [5, 5.41) is 0. The van der Waals surface area contributed by atoms with Crippen molar-refractivity contribution in [1.82, 2.24) is 0 Å². The van der Waals surface area contributed by atoms with E-state index in [4.69, 9.17) is 0 Å². The van der Waals surface area contributed by atoms with E-state index in [-0.39, 0.29) is 24.8 Å². The molecule has 8 bridgehead atoms. The molecule has 0 N–H and O–H groups in total. The smallest absolute Gasteiger partial charge is 0.147 e. The van der Waals surface area contributed by atoms with Crippen LogP contribution in [-0.4, -0.2) is 6.88 Å². The molecule has 3 unspecified atom stereocenters. The third-order valence-electron chi connectivity index (χ3n) is 19.1. The number of fused-ring (bicyclic) bond motifs is 2. The normalized spacial score (nSPS) is 34.3. The van der Waals surface area contributed by atoms with E-state index in [9.17, 15) is 0 Å². The molecule has 4 aromatic carbocycles. The number of halogens is 2. The van der Waals surface area contributed by atoms with Gasteiger partial charge in [-0.1, -0.05) is 0 Å². The molecule has 8 saturated carbocycles. The van der Waals surface area contributed by atoms with Crippen molar-refractivity contribution in [2.24, 2.45) is 41.4 Å². The van der Waals surface area contributed by atoms with Gasteiger partial charge in [0.15, 0.2) is 0 Å². The average molecular weight is 945 g/mol. The van der Waals surface area contributed by atoms with Gasteiger partial charge in [0, 0.05) is 0 Å². The summed E-state index contributed by atoms with van der Waals surface area (Å²) in [6, 6.07) is 35.0. The van der Waals surface area contributed by atoms with Gasteiger partial charge in [0.25, 0.3) is 0 Å². The molecule has 0 amide bonds. The Morgan fingerprint density at radius 1 is 0.557 bits per heavy atom. The zero-order valence-electron chi connectivity index (χ0n) is 37.6. The Balaban J connectivity index is 0.00000223. The van der Waals surface area contributed by atoms with Crippen LogP contribution in [0.25, 0.3) is 34.4 Å². The number of allylic oxidation sites excluding steroid dienone is 2. The second kappa shape index (κ2) is 15.0. The first-order valence-electron chi connectivity index (χ1n) is 24.3. The van der Waals surface area contributed by atoms with Crippen LogP contribution in [0.1, 0.15) is 145 Å². The zero-order chi connectivity index (χ0) is 40.1. The molecule has 4 aromatic rings. The summed E-state index contributed by atoms with van der Waals surface area (Å²) in [7, 11) is 0. The van der Waals surface area contributed by atoms with Crippen LogP contribution in [0.15, 0.2) is 96.1 Å². The summed E-state index contributed by atoms with van der Waals surface area (Å²) >= 11 is -3.75. The third kappa shape index (κ3) is 6.61. The first kappa shape index (κ1) is 43.0. The molecule has 0 radical (unpaired) electrons. The standard InChI is InChI=1S/C29H33.C26H27.2CH3.2ClH.H2Si.Zr/c1-3-19(2)25-14-24-5-4-6-27(28(24)15-25)23-7-9-26(10-8-23)29-16-20-11-21(17-29)13-22(12-20)18-29;1-17-9-22-3-2-4-24(25(22)10-17)21-5-7-23(8-6-21)26-14-18-11-19(15-26)13-20(12-18)16-26;;;;;;/h4-10,14-15,19-22H,3,11-13,16-18H2,1-2H3;2-10,18-20H,11-16H2,1H3;2*1H3;2*1H;1H2;. The Kier molecular flexibility index (Phi) is 10.6. The summed E-state index contributed by atoms with van der Waals surface area (Å²) in [5.41, 5.74) is 19.5. The predicted molar refractivity (Wildman–Crippen MR) is 265 cm³/mol. The van der Waals surface area contributed by atoms with Crippen molar-refractivity contribution in [2.75, 3.05) is 0 Å². The van der Waals surface area contributed by atoms with Gasteiger partial charge < -0.3 is 0 Å². The molecule has 0 nitrogen and oxygen atoms in total. The molecule has 320 valence electrons. The van der Waals surface area contributed by atoms with E-state index >= 15 is 0 Å². The van der Waals surface area contributed by atoms with Crippen LogP contribution >= 0.6 is 24.8 Å². The molecule has 0 heterocycles. The molecule has 10 aliphatic carbocycles. The minimum Gasteiger partial charge on any atom is -0.147 e. The fourth-order valence-electron chi connectivity index (χ4n) is 17.6. The SMILES string of the molecule is CCC(C)C1=Cc2c(-c3ccc(C45CC6CC(CC(C6)C4)C5)cc3)cccc2[CH]1[Zr]([CH3])([CH3])(=[SiH2])[CH]1C(C)=Cc2c(-c3ccc(C45CC6CC(CC(C6)C4)C5)cc3)cccc21.Cl.Cl. The Morgan fingerprint density at radius 2 is 0.934 bits per heavy atom. The van der Waals surface area contributed by atoms with Gasteiger partial charge in [-0.15, -0.1) is 24.8 Å². The van der Waals surface area contributed by atoms with Gasteiger partial charge in [-0.05, 0) is 0 Å². The van der Waals surface area contributed by atoms with Crippen molar-refractivity contribution in [2.45, 2.75) is 132 Å². The van der Waals surface area contributed by atoms with Gasteiger partial charge in [-0.2, -0.15) is 0 Å². The van der Waals surface area contributed by atoms with Crippen LogP contribution < -0.4 is 0 Å². The van der Waals surface area contributed by atoms with Crippen LogP contribution in [0.4, 0.5) is 0 Å². The van der Waals surface area contributed by atoms with E-state index in [1.807, 2.05) is 0 Å². The van der Waals surface area contributed by atoms with Crippen molar-refractivity contribution >= 4 is 43.8 Å². The molecule has 0 spiro atoms. The Hall–Kier alpha value is -1.96.